The molecule has 1 fully saturated rings. The Kier molecular flexibility index (Phi) is 3.20. The van der Waals surface area contributed by atoms with Crippen molar-refractivity contribution in [3.8, 4) is 11.5 Å². The van der Waals surface area contributed by atoms with Crippen molar-refractivity contribution >= 4 is 45.4 Å². The maximum atomic E-state index is 5.76. The number of aromatic nitrogens is 1. The van der Waals surface area contributed by atoms with E-state index < -0.39 is 0 Å². The molecule has 0 bridgehead atoms. The van der Waals surface area contributed by atoms with Crippen molar-refractivity contribution in [3.05, 3.63) is 59.3 Å². The third-order valence-corrected chi connectivity index (χ3v) is 6.65. The minimum absolute atomic E-state index is 0.0495. The molecule has 3 atom stereocenters. The smallest absolute Gasteiger partial charge is 0.231 e. The Balaban J connectivity index is 1.60. The van der Waals surface area contributed by atoms with Gasteiger partial charge in [-0.1, -0.05) is 24.3 Å². The quantitative estimate of drug-likeness (QED) is 0.617. The first-order valence-corrected chi connectivity index (χ1v) is 9.77. The zero-order valence-electron chi connectivity index (χ0n) is 14.2. The Bertz CT molecular complexity index is 1140. The SMILES string of the molecule is S=C1OC(=S)[C@H]2Cc3c([nH]c4ccccc34)[C@@H](c3ccc4c(c3)OCO4)C12. The number of hydrogen-bond acceptors (Lipinski definition) is 5. The van der Waals surface area contributed by atoms with E-state index in [0.29, 0.717) is 10.1 Å². The Morgan fingerprint density at radius 2 is 1.81 bits per heavy atom. The number of benzene rings is 2. The Morgan fingerprint density at radius 3 is 2.74 bits per heavy atom. The summed E-state index contributed by atoms with van der Waals surface area (Å²) >= 11 is 11.1. The highest BCUT2D eigenvalue weighted by Crippen LogP contribution is 2.51. The van der Waals surface area contributed by atoms with Gasteiger partial charge in [0.15, 0.2) is 21.6 Å². The van der Waals surface area contributed by atoms with E-state index in [2.05, 4.69) is 41.4 Å². The van der Waals surface area contributed by atoms with Gasteiger partial charge in [0, 0.05) is 28.4 Å². The number of ether oxygens (including phenoxy) is 3. The lowest BCUT2D eigenvalue weighted by Crippen LogP contribution is -2.31. The van der Waals surface area contributed by atoms with E-state index in [1.54, 1.807) is 0 Å². The lowest BCUT2D eigenvalue weighted by atomic mass is 9.70. The lowest BCUT2D eigenvalue weighted by molar-refractivity contribution is 0.174. The molecule has 1 aliphatic carbocycles. The van der Waals surface area contributed by atoms with Gasteiger partial charge in [-0.25, -0.2) is 0 Å². The maximum Gasteiger partial charge on any atom is 0.231 e. The number of thiocarbonyl (C=S) groups is 2. The molecule has 0 saturated carbocycles. The number of para-hydroxylation sites is 1. The first kappa shape index (κ1) is 15.6. The zero-order valence-corrected chi connectivity index (χ0v) is 15.9. The predicted molar refractivity (Wildman–Crippen MR) is 110 cm³/mol. The van der Waals surface area contributed by atoms with Gasteiger partial charge >= 0.3 is 0 Å². The fraction of sp³-hybridized carbons (Fsp3) is 0.238. The fourth-order valence-electron chi connectivity index (χ4n) is 4.72. The van der Waals surface area contributed by atoms with Crippen molar-refractivity contribution in [1.82, 2.24) is 4.98 Å². The molecule has 0 radical (unpaired) electrons. The number of nitrogens with one attached hydrogen (secondary N) is 1. The second kappa shape index (κ2) is 5.53. The summed E-state index contributed by atoms with van der Waals surface area (Å²) in [5, 5.41) is 2.46. The first-order chi connectivity index (χ1) is 13.2. The second-order valence-corrected chi connectivity index (χ2v) is 8.03. The van der Waals surface area contributed by atoms with Crippen LogP contribution in [0, 0.1) is 11.8 Å². The van der Waals surface area contributed by atoms with E-state index in [9.17, 15) is 0 Å². The van der Waals surface area contributed by atoms with Crippen molar-refractivity contribution < 1.29 is 14.2 Å². The molecule has 1 saturated heterocycles. The van der Waals surface area contributed by atoms with Crippen LogP contribution in [0.4, 0.5) is 0 Å². The topological polar surface area (TPSA) is 43.5 Å². The average molecular weight is 393 g/mol. The Labute approximate surface area is 166 Å². The van der Waals surface area contributed by atoms with Gasteiger partial charge in [0.25, 0.3) is 0 Å². The maximum absolute atomic E-state index is 5.76. The van der Waals surface area contributed by atoms with Gasteiger partial charge < -0.3 is 19.2 Å². The molecule has 1 unspecified atom stereocenters. The van der Waals surface area contributed by atoms with Gasteiger partial charge in [-0.3, -0.25) is 0 Å². The number of hydrogen-bond donors (Lipinski definition) is 1. The molecule has 6 heteroatoms. The molecule has 1 aromatic heterocycles. The van der Waals surface area contributed by atoms with Gasteiger partial charge in [-0.15, -0.1) is 0 Å². The number of rotatable bonds is 1. The third-order valence-electron chi connectivity index (χ3n) is 5.91. The lowest BCUT2D eigenvalue weighted by Gasteiger charge is -2.32. The summed E-state index contributed by atoms with van der Waals surface area (Å²) in [4.78, 5) is 3.65. The van der Waals surface area contributed by atoms with Crippen LogP contribution in [0.2, 0.25) is 0 Å². The molecule has 3 aliphatic rings. The van der Waals surface area contributed by atoms with Crippen LogP contribution in [0.25, 0.3) is 10.9 Å². The minimum Gasteiger partial charge on any atom is -0.454 e. The molecular weight excluding hydrogens is 378 g/mol. The van der Waals surface area contributed by atoms with Gasteiger partial charge in [-0.05, 0) is 60.2 Å². The summed E-state index contributed by atoms with van der Waals surface area (Å²) in [6, 6.07) is 14.5. The highest BCUT2D eigenvalue weighted by atomic mass is 32.1. The summed E-state index contributed by atoms with van der Waals surface area (Å²) in [6.07, 6.45) is 0.851. The summed E-state index contributed by atoms with van der Waals surface area (Å²) in [7, 11) is 0. The Morgan fingerprint density at radius 1 is 0.963 bits per heavy atom. The normalized spacial score (nSPS) is 25.4. The standard InChI is InChI=1S/C21H15NO3S2/c26-20-13-8-12-11-3-1-2-4-14(11)22-19(12)17(18(13)21(27)25-20)10-5-6-15-16(7-10)24-9-23-15/h1-7,13,17-18,22H,8-9H2/t13-,17-,18?/m0/s1. The molecule has 0 spiro atoms. The van der Waals surface area contributed by atoms with E-state index in [1.807, 2.05) is 6.07 Å². The number of aromatic amines is 1. The van der Waals surface area contributed by atoms with Crippen molar-refractivity contribution in [2.24, 2.45) is 11.8 Å². The van der Waals surface area contributed by atoms with Crippen LogP contribution in [0.3, 0.4) is 0 Å². The van der Waals surface area contributed by atoms with Crippen molar-refractivity contribution in [1.29, 1.82) is 0 Å². The van der Waals surface area contributed by atoms with Crippen LogP contribution >= 0.6 is 24.4 Å². The van der Waals surface area contributed by atoms with E-state index in [-0.39, 0.29) is 24.5 Å². The molecule has 0 amide bonds. The number of fused-ring (bicyclic) bond motifs is 5. The van der Waals surface area contributed by atoms with Gasteiger partial charge in [0.1, 0.15) is 0 Å². The van der Waals surface area contributed by atoms with Crippen LogP contribution in [0.1, 0.15) is 22.7 Å². The molecular formula is C21H15NO3S2. The first-order valence-electron chi connectivity index (χ1n) is 8.95. The van der Waals surface area contributed by atoms with Crippen LogP contribution in [0.15, 0.2) is 42.5 Å². The minimum atomic E-state index is 0.0495. The van der Waals surface area contributed by atoms with E-state index in [1.165, 1.54) is 16.6 Å². The van der Waals surface area contributed by atoms with Crippen molar-refractivity contribution in [3.63, 3.8) is 0 Å². The largest absolute Gasteiger partial charge is 0.454 e. The fourth-order valence-corrected chi connectivity index (χ4v) is 5.48. The number of H-pyrrole nitrogens is 1. The molecule has 27 heavy (non-hydrogen) atoms. The van der Waals surface area contributed by atoms with Crippen LogP contribution in [0.5, 0.6) is 11.5 Å². The van der Waals surface area contributed by atoms with Crippen LogP contribution < -0.4 is 9.47 Å². The molecule has 6 rings (SSSR count). The monoisotopic (exact) mass is 393 g/mol. The highest BCUT2D eigenvalue weighted by molar-refractivity contribution is 7.81. The highest BCUT2D eigenvalue weighted by Gasteiger charge is 2.49. The van der Waals surface area contributed by atoms with E-state index in [4.69, 9.17) is 38.6 Å². The summed E-state index contributed by atoms with van der Waals surface area (Å²) in [5.74, 6) is 1.78. The van der Waals surface area contributed by atoms with E-state index >= 15 is 0 Å². The molecule has 134 valence electrons. The van der Waals surface area contributed by atoms with Gasteiger partial charge in [0.05, 0.1) is 5.92 Å². The van der Waals surface area contributed by atoms with Gasteiger partial charge in [-0.2, -0.15) is 0 Å². The predicted octanol–water partition coefficient (Wildman–Crippen LogP) is 4.50. The summed E-state index contributed by atoms with van der Waals surface area (Å²) in [6.45, 7) is 0.263. The second-order valence-electron chi connectivity index (χ2n) is 7.23. The van der Waals surface area contributed by atoms with Crippen LogP contribution in [-0.4, -0.2) is 21.9 Å². The molecule has 4 nitrogen and oxygen atoms in total. The van der Waals surface area contributed by atoms with Gasteiger partial charge in [0.2, 0.25) is 6.79 Å². The zero-order chi connectivity index (χ0) is 18.1. The average Bonchev–Trinajstić information content (AvgIpc) is 3.36. The Hall–Kier alpha value is -2.44. The molecule has 3 heterocycles. The molecule has 1 N–H and O–H groups in total. The molecule has 3 aromatic rings. The third kappa shape index (κ3) is 2.14. The van der Waals surface area contributed by atoms with Crippen molar-refractivity contribution in [2.75, 3.05) is 6.79 Å². The summed E-state index contributed by atoms with van der Waals surface area (Å²) < 4.78 is 16.9. The summed E-state index contributed by atoms with van der Waals surface area (Å²) in [5.41, 5.74) is 4.79. The van der Waals surface area contributed by atoms with Crippen molar-refractivity contribution in [2.45, 2.75) is 12.3 Å². The van der Waals surface area contributed by atoms with E-state index in [0.717, 1.165) is 29.0 Å². The molecule has 2 aromatic carbocycles. The van der Waals surface area contributed by atoms with Crippen LogP contribution in [-0.2, 0) is 11.2 Å². The molecule has 2 aliphatic heterocycles.